The van der Waals surface area contributed by atoms with Crippen LogP contribution in [0.25, 0.3) is 11.4 Å². The molecule has 1 fully saturated rings. The summed E-state index contributed by atoms with van der Waals surface area (Å²) in [7, 11) is -0.00425. The van der Waals surface area contributed by atoms with Crippen molar-refractivity contribution >= 4 is 27.6 Å². The van der Waals surface area contributed by atoms with Crippen molar-refractivity contribution in [1.82, 2.24) is 33.4 Å². The summed E-state index contributed by atoms with van der Waals surface area (Å²) in [6.45, 7) is 2.72. The van der Waals surface area contributed by atoms with Crippen molar-refractivity contribution in [3.05, 3.63) is 35.8 Å². The normalized spacial score (nSPS) is 16.1. The Kier molecular flexibility index (Phi) is 5.51. The van der Waals surface area contributed by atoms with Crippen molar-refractivity contribution in [2.45, 2.75) is 30.8 Å². The first-order valence-corrected chi connectivity index (χ1v) is 11.3. The van der Waals surface area contributed by atoms with Crippen LogP contribution in [0.5, 0.6) is 0 Å². The van der Waals surface area contributed by atoms with Gasteiger partial charge in [0.2, 0.25) is 5.95 Å². The lowest BCUT2D eigenvalue weighted by Crippen LogP contribution is -2.42. The summed E-state index contributed by atoms with van der Waals surface area (Å²) in [5.41, 5.74) is 2.16. The molecule has 30 heavy (non-hydrogen) atoms. The average molecular weight is 451 g/mol. The number of nitrogens with zero attached hydrogens (tertiary/aromatic N) is 7. The largest absolute Gasteiger partial charge is 0.351 e. The number of rotatable bonds is 5. The lowest BCUT2D eigenvalue weighted by Gasteiger charge is -2.31. The van der Waals surface area contributed by atoms with Crippen LogP contribution >= 0.6 is 11.6 Å². The van der Waals surface area contributed by atoms with Crippen LogP contribution in [-0.2, 0) is 24.1 Å². The Balaban J connectivity index is 1.44. The molecule has 0 atom stereocenters. The second kappa shape index (κ2) is 7.97. The third-order valence-electron chi connectivity index (χ3n) is 5.13. The van der Waals surface area contributed by atoms with E-state index in [-0.39, 0.29) is 11.1 Å². The number of aromatic nitrogens is 6. The molecule has 0 radical (unpaired) electrons. The number of halogens is 1. The monoisotopic (exact) mass is 450 g/mol. The van der Waals surface area contributed by atoms with Crippen LogP contribution in [0, 0.1) is 6.92 Å². The van der Waals surface area contributed by atoms with Gasteiger partial charge in [-0.15, -0.1) is 0 Å². The highest BCUT2D eigenvalue weighted by atomic mass is 35.5. The molecule has 160 valence electrons. The Morgan fingerprint density at radius 1 is 1.10 bits per heavy atom. The molecule has 10 nitrogen and oxygen atoms in total. The van der Waals surface area contributed by atoms with Gasteiger partial charge in [0.05, 0.1) is 12.7 Å². The van der Waals surface area contributed by atoms with E-state index in [1.807, 2.05) is 14.0 Å². The molecule has 0 amide bonds. The zero-order valence-electron chi connectivity index (χ0n) is 16.9. The van der Waals surface area contributed by atoms with Crippen LogP contribution in [0.3, 0.4) is 0 Å². The van der Waals surface area contributed by atoms with Gasteiger partial charge in [0, 0.05) is 45.6 Å². The van der Waals surface area contributed by atoms with Gasteiger partial charge in [0.15, 0.2) is 5.03 Å². The molecule has 0 aliphatic carbocycles. The summed E-state index contributed by atoms with van der Waals surface area (Å²) >= 11 is 6.32. The van der Waals surface area contributed by atoms with Crippen LogP contribution < -0.4 is 5.32 Å². The molecule has 3 aromatic rings. The van der Waals surface area contributed by atoms with Crippen LogP contribution in [0.4, 0.5) is 5.95 Å². The molecule has 0 unspecified atom stereocenters. The number of nitrogens with one attached hydrogen (secondary N) is 1. The van der Waals surface area contributed by atoms with E-state index in [9.17, 15) is 8.42 Å². The Hall–Kier alpha value is -2.50. The minimum absolute atomic E-state index is 0.0648. The molecule has 0 saturated carbocycles. The number of sulfonamides is 1. The molecule has 0 aromatic carbocycles. The minimum Gasteiger partial charge on any atom is -0.351 e. The maximum Gasteiger partial charge on any atom is 0.262 e. The summed E-state index contributed by atoms with van der Waals surface area (Å²) in [5.74, 6) is 0.475. The lowest BCUT2D eigenvalue weighted by molar-refractivity contribution is 0.328. The average Bonchev–Trinajstić information content (AvgIpc) is 3.30. The molecule has 12 heteroatoms. The van der Waals surface area contributed by atoms with E-state index >= 15 is 0 Å². The topological polar surface area (TPSA) is 111 Å². The van der Waals surface area contributed by atoms with Crippen molar-refractivity contribution in [3.8, 4) is 11.4 Å². The van der Waals surface area contributed by atoms with Crippen molar-refractivity contribution in [2.24, 2.45) is 14.1 Å². The highest BCUT2D eigenvalue weighted by Gasteiger charge is 2.31. The molecule has 1 N–H and O–H groups in total. The first-order valence-electron chi connectivity index (χ1n) is 9.51. The number of hydrogen-bond acceptors (Lipinski definition) is 7. The van der Waals surface area contributed by atoms with Crippen LogP contribution in [0.1, 0.15) is 18.4 Å². The Labute approximate surface area is 180 Å². The van der Waals surface area contributed by atoms with Gasteiger partial charge in [0.1, 0.15) is 16.5 Å². The molecule has 3 aromatic heterocycles. The highest BCUT2D eigenvalue weighted by molar-refractivity contribution is 7.89. The van der Waals surface area contributed by atoms with Crippen molar-refractivity contribution in [1.29, 1.82) is 0 Å². The van der Waals surface area contributed by atoms with Crippen LogP contribution in [0.2, 0.25) is 5.15 Å². The van der Waals surface area contributed by atoms with E-state index < -0.39 is 10.0 Å². The number of aryl methyl sites for hydroxylation is 3. The fourth-order valence-corrected chi connectivity index (χ4v) is 5.02. The molecule has 1 aliphatic rings. The van der Waals surface area contributed by atoms with Crippen LogP contribution in [-0.4, -0.2) is 60.9 Å². The molecular weight excluding hydrogens is 428 g/mol. The molecule has 1 aliphatic heterocycles. The second-order valence-corrected chi connectivity index (χ2v) is 9.66. The van der Waals surface area contributed by atoms with Crippen molar-refractivity contribution in [2.75, 3.05) is 18.4 Å². The predicted molar refractivity (Wildman–Crippen MR) is 113 cm³/mol. The molecule has 0 bridgehead atoms. The van der Waals surface area contributed by atoms with Gasteiger partial charge in [-0.2, -0.15) is 4.31 Å². The molecule has 4 rings (SSSR count). The third kappa shape index (κ3) is 3.92. The fourth-order valence-electron chi connectivity index (χ4n) is 3.40. The van der Waals surface area contributed by atoms with Gasteiger partial charge in [-0.3, -0.25) is 0 Å². The molecule has 4 heterocycles. The minimum atomic E-state index is -3.57. The summed E-state index contributed by atoms with van der Waals surface area (Å²) in [4.78, 5) is 17.3. The smallest absolute Gasteiger partial charge is 0.262 e. The van der Waals surface area contributed by atoms with E-state index in [4.69, 9.17) is 11.6 Å². The first kappa shape index (κ1) is 20.8. The van der Waals surface area contributed by atoms with Gasteiger partial charge in [-0.1, -0.05) is 11.6 Å². The maximum absolute atomic E-state index is 12.7. The van der Waals surface area contributed by atoms with Gasteiger partial charge >= 0.3 is 0 Å². The maximum atomic E-state index is 12.7. The summed E-state index contributed by atoms with van der Waals surface area (Å²) < 4.78 is 30.3. The van der Waals surface area contributed by atoms with Gasteiger partial charge < -0.3 is 14.5 Å². The molecule has 1 saturated heterocycles. The number of hydrogen-bond donors (Lipinski definition) is 1. The Morgan fingerprint density at radius 2 is 1.83 bits per heavy atom. The third-order valence-corrected chi connectivity index (χ3v) is 7.36. The number of piperidine rings is 1. The second-order valence-electron chi connectivity index (χ2n) is 7.42. The van der Waals surface area contributed by atoms with Gasteiger partial charge in [-0.25, -0.2) is 28.4 Å². The predicted octanol–water partition coefficient (Wildman–Crippen LogP) is 1.84. The van der Waals surface area contributed by atoms with Crippen molar-refractivity contribution < 1.29 is 8.42 Å². The van der Waals surface area contributed by atoms with Gasteiger partial charge in [0.25, 0.3) is 10.0 Å². The summed E-state index contributed by atoms with van der Waals surface area (Å²) in [5, 5.41) is 3.91. The van der Waals surface area contributed by atoms with Gasteiger partial charge in [-0.05, 0) is 25.3 Å². The van der Waals surface area contributed by atoms with E-state index in [0.717, 1.165) is 5.56 Å². The van der Waals surface area contributed by atoms with E-state index in [2.05, 4.69) is 25.3 Å². The quantitative estimate of drug-likeness (QED) is 0.631. The van der Waals surface area contributed by atoms with E-state index in [1.165, 1.54) is 16.8 Å². The number of anilines is 1. The molecule has 0 spiro atoms. The van der Waals surface area contributed by atoms with Crippen LogP contribution in [0.15, 0.2) is 30.1 Å². The van der Waals surface area contributed by atoms with Crippen molar-refractivity contribution in [3.63, 3.8) is 0 Å². The summed E-state index contributed by atoms with van der Waals surface area (Å²) in [6, 6.07) is 0.0648. The SMILES string of the molecule is Cc1cnc(NC2CCN(S(=O)(=O)c3cn(C)cn3)CC2)nc1-c1ncn(C)c1Cl. The standard InChI is InChI=1S/C18H23ClN8O2S/c1-12-8-20-18(24-15(12)16-17(19)26(3)11-22-16)23-13-4-6-27(7-5-13)30(28,29)14-9-25(2)10-21-14/h8-11,13H,4-7H2,1-3H3,(H,20,23,24). The lowest BCUT2D eigenvalue weighted by atomic mass is 10.1. The Bertz CT molecular complexity index is 1160. The van der Waals surface area contributed by atoms with E-state index in [0.29, 0.717) is 48.4 Å². The Morgan fingerprint density at radius 3 is 2.43 bits per heavy atom. The first-order chi connectivity index (χ1) is 14.3. The highest BCUT2D eigenvalue weighted by Crippen LogP contribution is 2.28. The van der Waals surface area contributed by atoms with E-state index in [1.54, 1.807) is 28.7 Å². The summed E-state index contributed by atoms with van der Waals surface area (Å²) in [6.07, 6.45) is 7.66. The fraction of sp³-hybridized carbons (Fsp3) is 0.444. The zero-order valence-corrected chi connectivity index (χ0v) is 18.5. The molecular formula is C18H23ClN8O2S. The zero-order chi connectivity index (χ0) is 21.5. The number of imidazole rings is 2.